The molecule has 11 heteroatoms. The Balaban J connectivity index is 1.45. The molecule has 1 aliphatic carbocycles. The number of ketones is 1. The van der Waals surface area contributed by atoms with Crippen molar-refractivity contribution in [3.8, 4) is 5.75 Å². The second kappa shape index (κ2) is 13.5. The monoisotopic (exact) mass is 570 g/mol. The van der Waals surface area contributed by atoms with Crippen molar-refractivity contribution in [2.24, 2.45) is 11.8 Å². The van der Waals surface area contributed by atoms with Crippen LogP contribution < -0.4 is 26.0 Å². The number of hydrogen-bond donors (Lipinski definition) is 4. The van der Waals surface area contributed by atoms with Crippen LogP contribution in [-0.4, -0.2) is 73.4 Å². The van der Waals surface area contributed by atoms with Gasteiger partial charge < -0.3 is 30.7 Å². The van der Waals surface area contributed by atoms with Gasteiger partial charge >= 0.3 is 0 Å². The number of carbonyl (C=O) groups is 5. The molecule has 3 aliphatic rings. The predicted molar refractivity (Wildman–Crippen MR) is 150 cm³/mol. The molecular weight excluding hydrogens is 528 g/mol. The summed E-state index contributed by atoms with van der Waals surface area (Å²) in [5.41, 5.74) is -0.0973. The van der Waals surface area contributed by atoms with E-state index in [4.69, 9.17) is 9.47 Å². The Morgan fingerprint density at radius 2 is 1.68 bits per heavy atom. The van der Waals surface area contributed by atoms with E-state index >= 15 is 0 Å². The van der Waals surface area contributed by atoms with Crippen molar-refractivity contribution in [1.82, 2.24) is 21.3 Å². The summed E-state index contributed by atoms with van der Waals surface area (Å²) in [6, 6.07) is 4.55. The van der Waals surface area contributed by atoms with Crippen molar-refractivity contribution in [2.45, 2.75) is 88.9 Å². The molecule has 224 valence electrons. The summed E-state index contributed by atoms with van der Waals surface area (Å²) in [6.07, 6.45) is 5.64. The molecule has 5 atom stereocenters. The van der Waals surface area contributed by atoms with E-state index in [2.05, 4.69) is 21.3 Å². The highest BCUT2D eigenvalue weighted by Gasteiger charge is 2.50. The number of nitrogens with one attached hydrogen (secondary N) is 4. The summed E-state index contributed by atoms with van der Waals surface area (Å²) in [4.78, 5) is 64.3. The predicted octanol–water partition coefficient (Wildman–Crippen LogP) is 1.18. The van der Waals surface area contributed by atoms with Crippen LogP contribution in [0.1, 0.15) is 64.4 Å². The van der Waals surface area contributed by atoms with E-state index in [1.54, 1.807) is 33.1 Å². The standard InChI is InChI=1S/C30H42N4O7/c1-18(32-28(38)21-10-13-25(35)31-16-21)27(37)34-24(15-20-8-11-22(40-3)12-9-20)29(39)33-23(14-19-6-4-5-7-19)26(36)30(2)17-41-30/h8-9,11-12,18-19,21,23-24H,4-7,10,13-17H2,1-3H3,(H,31,35)(H,32,38)(H,33,39)(H,34,37)/t18-,21-,23+,24+,30+/m1/s1. The maximum Gasteiger partial charge on any atom is 0.243 e. The summed E-state index contributed by atoms with van der Waals surface area (Å²) in [7, 11) is 1.56. The van der Waals surface area contributed by atoms with Gasteiger partial charge in [-0.3, -0.25) is 24.0 Å². The number of methoxy groups -OCH3 is 1. The van der Waals surface area contributed by atoms with Gasteiger partial charge in [-0.05, 0) is 50.3 Å². The number of benzene rings is 1. The molecular formula is C30H42N4O7. The van der Waals surface area contributed by atoms with Gasteiger partial charge in [0.25, 0.3) is 0 Å². The van der Waals surface area contributed by atoms with E-state index in [1.807, 2.05) is 12.1 Å². The number of amides is 4. The van der Waals surface area contributed by atoms with Gasteiger partial charge in [-0.2, -0.15) is 0 Å². The lowest BCUT2D eigenvalue weighted by molar-refractivity contribution is -0.135. The van der Waals surface area contributed by atoms with Gasteiger partial charge in [-0.1, -0.05) is 37.8 Å². The van der Waals surface area contributed by atoms with Crippen LogP contribution in [0.25, 0.3) is 0 Å². The minimum atomic E-state index is -0.990. The van der Waals surface area contributed by atoms with Gasteiger partial charge in [0, 0.05) is 19.4 Å². The van der Waals surface area contributed by atoms with E-state index in [0.717, 1.165) is 31.2 Å². The molecule has 1 aromatic rings. The molecule has 41 heavy (non-hydrogen) atoms. The van der Waals surface area contributed by atoms with Crippen LogP contribution in [0.5, 0.6) is 5.75 Å². The summed E-state index contributed by atoms with van der Waals surface area (Å²) in [6.45, 7) is 3.84. The van der Waals surface area contributed by atoms with E-state index in [-0.39, 0.29) is 37.0 Å². The van der Waals surface area contributed by atoms with Crippen LogP contribution >= 0.6 is 0 Å². The molecule has 4 amide bonds. The average Bonchev–Trinajstić information content (AvgIpc) is 3.50. The zero-order chi connectivity index (χ0) is 29.6. The van der Waals surface area contributed by atoms with E-state index in [9.17, 15) is 24.0 Å². The van der Waals surface area contributed by atoms with Crippen molar-refractivity contribution in [3.05, 3.63) is 29.8 Å². The molecule has 3 fully saturated rings. The minimum absolute atomic E-state index is 0.0980. The van der Waals surface area contributed by atoms with Crippen molar-refractivity contribution < 1.29 is 33.4 Å². The smallest absolute Gasteiger partial charge is 0.243 e. The Hall–Kier alpha value is -3.47. The Morgan fingerprint density at radius 3 is 2.27 bits per heavy atom. The number of carbonyl (C=O) groups excluding carboxylic acids is 5. The van der Waals surface area contributed by atoms with Crippen LogP contribution in [0.3, 0.4) is 0 Å². The fourth-order valence-corrected chi connectivity index (χ4v) is 5.56. The SMILES string of the molecule is COc1ccc(C[C@H](NC(=O)[C@@H](C)NC(=O)[C@@H]2CCC(=O)NC2)C(=O)N[C@@H](CC2CCCC2)C(=O)[C@]2(C)CO2)cc1. The molecule has 0 radical (unpaired) electrons. The second-order valence-corrected chi connectivity index (χ2v) is 11.7. The minimum Gasteiger partial charge on any atom is -0.497 e. The lowest BCUT2D eigenvalue weighted by atomic mass is 9.90. The first-order valence-corrected chi connectivity index (χ1v) is 14.6. The molecule has 2 aliphatic heterocycles. The maximum atomic E-state index is 13.7. The summed E-state index contributed by atoms with van der Waals surface area (Å²) in [5, 5.41) is 11.1. The molecule has 11 nitrogen and oxygen atoms in total. The topological polar surface area (TPSA) is 155 Å². The first-order chi connectivity index (χ1) is 19.6. The Kier molecular flexibility index (Phi) is 10.0. The summed E-state index contributed by atoms with van der Waals surface area (Å²) in [5.74, 6) is -0.980. The second-order valence-electron chi connectivity index (χ2n) is 11.7. The van der Waals surface area contributed by atoms with Gasteiger partial charge in [0.15, 0.2) is 5.78 Å². The van der Waals surface area contributed by atoms with Crippen LogP contribution in [0.2, 0.25) is 0 Å². The molecule has 2 heterocycles. The highest BCUT2D eigenvalue weighted by molar-refractivity contribution is 5.98. The lowest BCUT2D eigenvalue weighted by Gasteiger charge is -2.27. The lowest BCUT2D eigenvalue weighted by Crippen LogP contribution is -2.57. The molecule has 0 spiro atoms. The third kappa shape index (κ3) is 8.28. The number of piperidine rings is 1. The van der Waals surface area contributed by atoms with E-state index in [1.165, 1.54) is 0 Å². The quantitative estimate of drug-likeness (QED) is 0.260. The highest BCUT2D eigenvalue weighted by Crippen LogP contribution is 2.33. The third-order valence-electron chi connectivity index (χ3n) is 8.40. The first-order valence-electron chi connectivity index (χ1n) is 14.6. The molecule has 1 saturated carbocycles. The van der Waals surface area contributed by atoms with E-state index < -0.39 is 41.5 Å². The molecule has 4 N–H and O–H groups in total. The molecule has 0 aromatic heterocycles. The van der Waals surface area contributed by atoms with Crippen molar-refractivity contribution in [3.63, 3.8) is 0 Å². The van der Waals surface area contributed by atoms with Gasteiger partial charge in [0.1, 0.15) is 23.4 Å². The fourth-order valence-electron chi connectivity index (χ4n) is 5.56. The summed E-state index contributed by atoms with van der Waals surface area (Å²) < 4.78 is 10.6. The average molecular weight is 571 g/mol. The largest absolute Gasteiger partial charge is 0.497 e. The number of ether oxygens (including phenoxy) is 2. The molecule has 4 rings (SSSR count). The zero-order valence-electron chi connectivity index (χ0n) is 24.1. The Morgan fingerprint density at radius 1 is 1.02 bits per heavy atom. The molecule has 1 aromatic carbocycles. The number of rotatable bonds is 13. The first kappa shape index (κ1) is 30.5. The van der Waals surface area contributed by atoms with Crippen LogP contribution in [0.4, 0.5) is 0 Å². The molecule has 0 unspecified atom stereocenters. The highest BCUT2D eigenvalue weighted by atomic mass is 16.6. The zero-order valence-corrected chi connectivity index (χ0v) is 24.1. The van der Waals surface area contributed by atoms with Crippen molar-refractivity contribution in [1.29, 1.82) is 0 Å². The van der Waals surface area contributed by atoms with Gasteiger partial charge in [-0.25, -0.2) is 0 Å². The van der Waals surface area contributed by atoms with Crippen LogP contribution in [0, 0.1) is 11.8 Å². The Labute approximate surface area is 240 Å². The van der Waals surface area contributed by atoms with Crippen molar-refractivity contribution >= 4 is 29.4 Å². The maximum absolute atomic E-state index is 13.7. The number of epoxide rings is 1. The van der Waals surface area contributed by atoms with E-state index in [0.29, 0.717) is 31.1 Å². The van der Waals surface area contributed by atoms with Gasteiger partial charge in [0.05, 0.1) is 25.7 Å². The summed E-state index contributed by atoms with van der Waals surface area (Å²) >= 11 is 0. The number of Topliss-reactive ketones (excluding diaryl/α,β-unsaturated/α-hetero) is 1. The molecule has 2 saturated heterocycles. The normalized spacial score (nSPS) is 24.4. The van der Waals surface area contributed by atoms with Gasteiger partial charge in [-0.15, -0.1) is 0 Å². The van der Waals surface area contributed by atoms with Crippen LogP contribution in [0.15, 0.2) is 24.3 Å². The third-order valence-corrected chi connectivity index (χ3v) is 8.40. The van der Waals surface area contributed by atoms with Crippen LogP contribution in [-0.2, 0) is 35.1 Å². The fraction of sp³-hybridized carbons (Fsp3) is 0.633. The van der Waals surface area contributed by atoms with Gasteiger partial charge in [0.2, 0.25) is 23.6 Å². The Bertz CT molecular complexity index is 1120. The van der Waals surface area contributed by atoms with Crippen molar-refractivity contribution in [2.75, 3.05) is 20.3 Å². The number of hydrogen-bond acceptors (Lipinski definition) is 7. The molecule has 0 bridgehead atoms.